The number of rotatable bonds is 3. The van der Waals surface area contributed by atoms with E-state index in [1.165, 1.54) is 32.1 Å². The van der Waals surface area contributed by atoms with Crippen LogP contribution in [0.25, 0.3) is 16.8 Å². The minimum absolute atomic E-state index is 0.448. The maximum absolute atomic E-state index is 6.55. The van der Waals surface area contributed by atoms with E-state index in [0.29, 0.717) is 22.2 Å². The molecule has 6 nitrogen and oxygen atoms in total. The Kier molecular flexibility index (Phi) is 4.86. The van der Waals surface area contributed by atoms with Gasteiger partial charge in [-0.15, -0.1) is 0 Å². The second-order valence-corrected chi connectivity index (χ2v) is 9.16. The van der Waals surface area contributed by atoms with Crippen molar-refractivity contribution in [2.75, 3.05) is 30.8 Å². The molecule has 0 bridgehead atoms. The van der Waals surface area contributed by atoms with E-state index in [0.717, 1.165) is 41.5 Å². The first kappa shape index (κ1) is 19.6. The largest absolute Gasteiger partial charge is 0.398 e. The number of aromatic nitrogens is 3. The second-order valence-electron chi connectivity index (χ2n) is 8.78. The molecule has 0 unspecified atom stereocenters. The van der Waals surface area contributed by atoms with Gasteiger partial charge in [0.25, 0.3) is 0 Å². The highest BCUT2D eigenvalue weighted by molar-refractivity contribution is 6.36. The molecular weight excluding hydrogens is 396 g/mol. The van der Waals surface area contributed by atoms with E-state index in [4.69, 9.17) is 22.3 Å². The molecule has 1 saturated heterocycles. The molecule has 7 heteroatoms. The first-order valence-corrected chi connectivity index (χ1v) is 11.2. The van der Waals surface area contributed by atoms with Gasteiger partial charge in [0.1, 0.15) is 5.65 Å². The van der Waals surface area contributed by atoms with Gasteiger partial charge in [-0.2, -0.15) is 0 Å². The van der Waals surface area contributed by atoms with Crippen molar-refractivity contribution in [3.8, 4) is 11.1 Å². The number of hydrogen-bond acceptors (Lipinski definition) is 5. The molecule has 2 aromatic heterocycles. The number of nitrogens with one attached hydrogen (secondary N) is 1. The van der Waals surface area contributed by atoms with Gasteiger partial charge in [-0.05, 0) is 51.1 Å². The van der Waals surface area contributed by atoms with Crippen molar-refractivity contribution in [1.82, 2.24) is 19.7 Å². The number of fused-ring (bicyclic) bond motifs is 1. The van der Waals surface area contributed by atoms with E-state index in [-0.39, 0.29) is 0 Å². The maximum Gasteiger partial charge on any atom is 0.211 e. The second kappa shape index (κ2) is 7.43. The molecule has 3 heterocycles. The van der Waals surface area contributed by atoms with E-state index < -0.39 is 0 Å². The summed E-state index contributed by atoms with van der Waals surface area (Å²) in [6.07, 6.45) is 10.2. The van der Waals surface area contributed by atoms with Gasteiger partial charge < -0.3 is 16.0 Å². The molecule has 1 aromatic carbocycles. The molecule has 2 aliphatic rings. The smallest absolute Gasteiger partial charge is 0.211 e. The van der Waals surface area contributed by atoms with E-state index in [1.54, 1.807) is 0 Å². The van der Waals surface area contributed by atoms with E-state index in [2.05, 4.69) is 26.6 Å². The molecule has 2 fully saturated rings. The van der Waals surface area contributed by atoms with Crippen molar-refractivity contribution in [2.24, 2.45) is 5.41 Å². The third-order valence-electron chi connectivity index (χ3n) is 7.30. The fraction of sp³-hybridized carbons (Fsp3) is 0.478. The Bertz CT molecular complexity index is 1080. The Labute approximate surface area is 182 Å². The fourth-order valence-corrected chi connectivity index (χ4v) is 5.91. The highest BCUT2D eigenvalue weighted by atomic mass is 35.5. The Balaban J connectivity index is 1.52. The first-order valence-electron chi connectivity index (χ1n) is 10.8. The molecular formula is C23H29ClN6. The summed E-state index contributed by atoms with van der Waals surface area (Å²) in [6.45, 7) is 4.08. The van der Waals surface area contributed by atoms with Crippen LogP contribution in [0.15, 0.2) is 30.6 Å². The van der Waals surface area contributed by atoms with Gasteiger partial charge in [-0.3, -0.25) is 4.40 Å². The van der Waals surface area contributed by atoms with Gasteiger partial charge in [0, 0.05) is 42.7 Å². The zero-order valence-corrected chi connectivity index (χ0v) is 18.4. The molecule has 0 radical (unpaired) electrons. The summed E-state index contributed by atoms with van der Waals surface area (Å²) < 4.78 is 2.10. The average Bonchev–Trinajstić information content (AvgIpc) is 3.38. The van der Waals surface area contributed by atoms with Crippen molar-refractivity contribution in [3.05, 3.63) is 41.3 Å². The number of imidazole rings is 1. The topological polar surface area (TPSA) is 71.5 Å². The summed E-state index contributed by atoms with van der Waals surface area (Å²) in [5, 5.41) is 4.13. The third kappa shape index (κ3) is 2.96. The van der Waals surface area contributed by atoms with Crippen molar-refractivity contribution < 1.29 is 0 Å². The molecule has 1 atom stereocenters. The van der Waals surface area contributed by atoms with Crippen LogP contribution in [0.3, 0.4) is 0 Å². The number of piperidine rings is 1. The van der Waals surface area contributed by atoms with Crippen LogP contribution in [0.1, 0.15) is 37.8 Å². The molecule has 1 saturated carbocycles. The van der Waals surface area contributed by atoms with Crippen LogP contribution in [0, 0.1) is 12.3 Å². The molecule has 0 amide bonds. The third-order valence-corrected chi connectivity index (χ3v) is 7.73. The van der Waals surface area contributed by atoms with Gasteiger partial charge in [0.05, 0.1) is 16.4 Å². The van der Waals surface area contributed by atoms with Crippen molar-refractivity contribution in [1.29, 1.82) is 0 Å². The van der Waals surface area contributed by atoms with E-state index in [9.17, 15) is 0 Å². The van der Waals surface area contributed by atoms with E-state index in [1.807, 2.05) is 37.5 Å². The molecule has 3 aromatic rings. The van der Waals surface area contributed by atoms with Crippen LogP contribution in [0.5, 0.6) is 0 Å². The minimum Gasteiger partial charge on any atom is -0.398 e. The Morgan fingerprint density at radius 3 is 2.80 bits per heavy atom. The number of halogens is 1. The number of nitrogen functional groups attached to an aromatic ring is 1. The van der Waals surface area contributed by atoms with Crippen molar-refractivity contribution in [3.63, 3.8) is 0 Å². The minimum atomic E-state index is 0.448. The molecule has 1 aliphatic carbocycles. The first-order chi connectivity index (χ1) is 14.5. The summed E-state index contributed by atoms with van der Waals surface area (Å²) >= 11 is 6.55. The number of anilines is 2. The van der Waals surface area contributed by atoms with Crippen LogP contribution in [0.2, 0.25) is 5.02 Å². The number of benzene rings is 1. The number of aryl methyl sites for hydroxylation is 1. The van der Waals surface area contributed by atoms with Gasteiger partial charge in [-0.25, -0.2) is 9.97 Å². The monoisotopic (exact) mass is 424 g/mol. The standard InChI is InChI=1S/C23H29ClN6/c1-15-19(16-5-3-6-17(25)20(16)24)21-27-11-14-30(21)22(28-15)29-12-9-23(10-13-29)8-4-7-18(23)26-2/h3,5-6,11,14,18,26H,4,7-10,12-13,25H2,1-2H3/t18-/m1/s1. The Hall–Kier alpha value is -2.31. The van der Waals surface area contributed by atoms with Gasteiger partial charge in [0.15, 0.2) is 0 Å². The summed E-state index contributed by atoms with van der Waals surface area (Å²) in [5.74, 6) is 0.970. The maximum atomic E-state index is 6.55. The normalized spacial score (nSPS) is 21.0. The lowest BCUT2D eigenvalue weighted by atomic mass is 9.74. The lowest BCUT2D eigenvalue weighted by molar-refractivity contribution is 0.177. The summed E-state index contributed by atoms with van der Waals surface area (Å²) in [5.41, 5.74) is 10.7. The lowest BCUT2D eigenvalue weighted by Gasteiger charge is -2.43. The predicted octanol–water partition coefficient (Wildman–Crippen LogP) is 4.30. The van der Waals surface area contributed by atoms with Crippen molar-refractivity contribution >= 4 is 28.9 Å². The molecule has 5 rings (SSSR count). The Morgan fingerprint density at radius 1 is 1.23 bits per heavy atom. The van der Waals surface area contributed by atoms with Gasteiger partial charge >= 0.3 is 0 Å². The molecule has 1 aliphatic heterocycles. The summed E-state index contributed by atoms with van der Waals surface area (Å²) in [7, 11) is 2.12. The van der Waals surface area contributed by atoms with E-state index >= 15 is 0 Å². The number of nitrogens with two attached hydrogens (primary N) is 1. The number of hydrogen-bond donors (Lipinski definition) is 2. The fourth-order valence-electron chi connectivity index (χ4n) is 5.69. The lowest BCUT2D eigenvalue weighted by Crippen LogP contribution is -2.48. The van der Waals surface area contributed by atoms with Crippen LogP contribution < -0.4 is 16.0 Å². The van der Waals surface area contributed by atoms with Gasteiger partial charge in [-0.1, -0.05) is 30.2 Å². The summed E-state index contributed by atoms with van der Waals surface area (Å²) in [4.78, 5) is 12.1. The van der Waals surface area contributed by atoms with Gasteiger partial charge in [0.2, 0.25) is 5.95 Å². The van der Waals surface area contributed by atoms with Crippen LogP contribution in [-0.4, -0.2) is 40.5 Å². The van der Waals surface area contributed by atoms with Crippen LogP contribution in [-0.2, 0) is 0 Å². The highest BCUT2D eigenvalue weighted by Gasteiger charge is 2.44. The predicted molar refractivity (Wildman–Crippen MR) is 123 cm³/mol. The molecule has 1 spiro atoms. The summed E-state index contributed by atoms with van der Waals surface area (Å²) in [6, 6.07) is 6.37. The quantitative estimate of drug-likeness (QED) is 0.613. The molecule has 158 valence electrons. The highest BCUT2D eigenvalue weighted by Crippen LogP contribution is 2.47. The van der Waals surface area contributed by atoms with Crippen molar-refractivity contribution in [2.45, 2.75) is 45.1 Å². The van der Waals surface area contributed by atoms with Crippen LogP contribution >= 0.6 is 11.6 Å². The van der Waals surface area contributed by atoms with Crippen LogP contribution in [0.4, 0.5) is 11.6 Å². The number of nitrogens with zero attached hydrogens (tertiary/aromatic N) is 4. The molecule has 3 N–H and O–H groups in total. The molecule has 30 heavy (non-hydrogen) atoms. The zero-order chi connectivity index (χ0) is 20.9. The SMILES string of the molecule is CN[C@@H]1CCCC12CCN(c1nc(C)c(-c3cccc(N)c3Cl)c3nccn13)CC2. The Morgan fingerprint density at radius 2 is 2.03 bits per heavy atom. The zero-order valence-electron chi connectivity index (χ0n) is 17.7. The average molecular weight is 425 g/mol.